The first kappa shape index (κ1) is 83.9. The molecule has 0 fully saturated rings. The lowest BCUT2D eigenvalue weighted by molar-refractivity contribution is 0.0596. The average molecular weight is 1700 g/mol. The summed E-state index contributed by atoms with van der Waals surface area (Å²) in [5, 5.41) is 9.06. The third-order valence-electron chi connectivity index (χ3n) is 20.4. The van der Waals surface area contributed by atoms with Crippen LogP contribution in [-0.4, -0.2) is 100 Å². The molecule has 3 atom stereocenters. The number of aryl methyl sites for hydroxylation is 3. The molecule has 0 spiro atoms. The van der Waals surface area contributed by atoms with E-state index >= 15 is 0 Å². The second-order valence-electron chi connectivity index (χ2n) is 30.0. The third kappa shape index (κ3) is 18.1. The maximum Gasteiger partial charge on any atom is 0.297 e. The summed E-state index contributed by atoms with van der Waals surface area (Å²) in [5.74, 6) is -0.979. The van der Waals surface area contributed by atoms with Crippen molar-refractivity contribution in [1.29, 1.82) is 0 Å². The zero-order chi connectivity index (χ0) is 83.2. The van der Waals surface area contributed by atoms with Crippen LogP contribution in [0.3, 0.4) is 0 Å². The number of nitrogens with zero attached hydrogens (tertiary/aromatic N) is 9. The molecule has 6 N–H and O–H groups in total. The van der Waals surface area contributed by atoms with E-state index in [1.807, 2.05) is 169 Å². The predicted octanol–water partition coefficient (Wildman–Crippen LogP) is 18.0. The van der Waals surface area contributed by atoms with Crippen LogP contribution >= 0.6 is 49.9 Å². The van der Waals surface area contributed by atoms with Gasteiger partial charge in [0.1, 0.15) is 68.2 Å². The van der Waals surface area contributed by atoms with Crippen molar-refractivity contribution >= 4 is 134 Å². The smallest absolute Gasteiger partial charge is 0.297 e. The number of furan rings is 3. The van der Waals surface area contributed by atoms with Crippen molar-refractivity contribution in [3.63, 3.8) is 0 Å². The van der Waals surface area contributed by atoms with Gasteiger partial charge in [-0.3, -0.25) is 42.5 Å². The molecule has 3 unspecified atom stereocenters. The van der Waals surface area contributed by atoms with E-state index in [2.05, 4.69) is 15.9 Å². The molecule has 0 aliphatic heterocycles. The highest BCUT2D eigenvalue weighted by Gasteiger charge is 2.38. The second-order valence-corrected chi connectivity index (χ2v) is 33.7. The summed E-state index contributed by atoms with van der Waals surface area (Å²) in [4.78, 5) is 106. The van der Waals surface area contributed by atoms with Crippen molar-refractivity contribution in [2.24, 2.45) is 35.0 Å². The van der Waals surface area contributed by atoms with Gasteiger partial charge in [-0.15, -0.1) is 22.7 Å². The van der Waals surface area contributed by atoms with Crippen LogP contribution in [0.2, 0.25) is 0 Å². The number of nitrogens with two attached hydrogens (primary N) is 3. The first-order valence-corrected chi connectivity index (χ1v) is 42.1. The van der Waals surface area contributed by atoms with Crippen LogP contribution in [-0.2, 0) is 19.6 Å². The van der Waals surface area contributed by atoms with Gasteiger partial charge in [-0.2, -0.15) is 11.3 Å². The van der Waals surface area contributed by atoms with Crippen LogP contribution in [0.4, 0.5) is 13.2 Å². The molecule has 9 aromatic heterocycles. The minimum atomic E-state index is -0.582. The summed E-state index contributed by atoms with van der Waals surface area (Å²) in [6.45, 7) is 20.7. The summed E-state index contributed by atoms with van der Waals surface area (Å²) in [6, 6.07) is 40.6. The van der Waals surface area contributed by atoms with Crippen molar-refractivity contribution < 1.29 is 40.8 Å². The molecule has 9 heterocycles. The SMILES string of the molecule is Cc1ccc(C(=O)N(CCCN)C(c2nc3c(oc4ccc(F)cc43)c(=O)n2Cc2cc(Br)cs2)C(C)C)cc1.Cc1ccc(C(=O)N(CCCN)C(c2nc3c(oc4ccc(F)cc43)c(=O)n2Cc2cccs2)C(C)C)cc1.Cc1ccc(C(=O)N(CCN)C(c2nc3c(oc4ccc(F)cc43)c(=O)n2Cc2ccsc2)C(C)C)cc1. The Morgan fingerprint density at radius 3 is 1.13 bits per heavy atom. The molecule has 0 saturated heterocycles. The van der Waals surface area contributed by atoms with E-state index in [9.17, 15) is 41.9 Å². The number of carbonyl (C=O) groups is 3. The van der Waals surface area contributed by atoms with Crippen molar-refractivity contribution in [2.75, 3.05) is 39.3 Å². The molecule has 15 rings (SSSR count). The number of carbonyl (C=O) groups excluding carboxylic acids is 3. The highest BCUT2D eigenvalue weighted by molar-refractivity contribution is 9.10. The largest absolute Gasteiger partial charge is 0.448 e. The highest BCUT2D eigenvalue weighted by atomic mass is 79.9. The molecular formula is C89H90BrF3N12O9S3. The van der Waals surface area contributed by atoms with Gasteiger partial charge in [0.15, 0.2) is 0 Å². The zero-order valence-corrected chi connectivity index (χ0v) is 70.2. The Bertz CT molecular complexity index is 6270. The zero-order valence-electron chi connectivity index (χ0n) is 66.2. The van der Waals surface area contributed by atoms with E-state index in [1.165, 1.54) is 88.6 Å². The molecule has 606 valence electrons. The van der Waals surface area contributed by atoms with Crippen LogP contribution < -0.4 is 33.9 Å². The molecule has 0 aliphatic rings. The predicted molar refractivity (Wildman–Crippen MR) is 461 cm³/mol. The van der Waals surface area contributed by atoms with Crippen LogP contribution in [0, 0.1) is 56.0 Å². The maximum atomic E-state index is 14.3. The van der Waals surface area contributed by atoms with Crippen molar-refractivity contribution in [2.45, 2.75) is 113 Å². The van der Waals surface area contributed by atoms with E-state index in [0.717, 1.165) is 36.5 Å². The van der Waals surface area contributed by atoms with E-state index in [0.29, 0.717) is 112 Å². The lowest BCUT2D eigenvalue weighted by atomic mass is 9.99. The van der Waals surface area contributed by atoms with Crippen LogP contribution in [0.15, 0.2) is 205 Å². The number of hydrogen-bond acceptors (Lipinski definition) is 18. The Kier molecular flexibility index (Phi) is 26.3. The quantitative estimate of drug-likeness (QED) is 0.0454. The molecule has 28 heteroatoms. The molecule has 6 aromatic carbocycles. The number of fused-ring (bicyclic) bond motifs is 9. The van der Waals surface area contributed by atoms with Gasteiger partial charge >= 0.3 is 0 Å². The first-order chi connectivity index (χ1) is 56.2. The molecule has 15 aromatic rings. The minimum Gasteiger partial charge on any atom is -0.448 e. The summed E-state index contributed by atoms with van der Waals surface area (Å²) in [6.07, 6.45) is 1.16. The van der Waals surface area contributed by atoms with E-state index in [4.69, 9.17) is 45.4 Å². The molecule has 0 bridgehead atoms. The fourth-order valence-electron chi connectivity index (χ4n) is 14.7. The van der Waals surface area contributed by atoms with Crippen LogP contribution in [0.25, 0.3) is 66.2 Å². The van der Waals surface area contributed by atoms with Crippen molar-refractivity contribution in [3.05, 3.63) is 292 Å². The van der Waals surface area contributed by atoms with Gasteiger partial charge in [-0.1, -0.05) is 101 Å². The Labute approximate surface area is 692 Å². The van der Waals surface area contributed by atoms with Crippen molar-refractivity contribution in [1.82, 2.24) is 43.4 Å². The van der Waals surface area contributed by atoms with Crippen molar-refractivity contribution in [3.8, 4) is 0 Å². The van der Waals surface area contributed by atoms with Gasteiger partial charge in [-0.25, -0.2) is 28.1 Å². The molecule has 3 amide bonds. The summed E-state index contributed by atoms with van der Waals surface area (Å²) >= 11 is 8.06. The first-order valence-electron chi connectivity index (χ1n) is 38.6. The lowest BCUT2D eigenvalue weighted by Crippen LogP contribution is -2.43. The number of rotatable bonds is 26. The van der Waals surface area contributed by atoms with Gasteiger partial charge in [0.25, 0.3) is 34.4 Å². The van der Waals surface area contributed by atoms with Crippen LogP contribution in [0.1, 0.15) is 153 Å². The van der Waals surface area contributed by atoms with E-state index in [-0.39, 0.29) is 113 Å². The monoisotopic (exact) mass is 1700 g/mol. The normalized spacial score (nSPS) is 12.5. The Balaban J connectivity index is 0.000000152. The molecule has 0 aliphatic carbocycles. The standard InChI is InChI=1S/C30H30BrFN4O3S.C30H31FN4O3S.C29H29FN4O3S/c1-17(2)26(35(12-4-11-33)29(37)19-7-5-18(3)6-8-19)28-34-25-23-14-21(32)9-10-24(23)39-27(25)30(38)36(28)15-22-13-20(31)16-40-22;1-18(2)26(34(14-5-13-32)29(36)20-9-7-19(3)8-10-20)28-33-25-23-16-21(31)11-12-24(23)38-27(25)30(37)35(28)17-22-6-4-15-39-22;1-17(2)25(33(12-11-31)28(35)20-6-4-18(3)5-7-20)27-32-24-22-14-21(30)8-9-23(22)37-26(24)29(36)34(27)15-19-10-13-38-16-19/h5-10,13-14,16-17,26H,4,11-12,15,33H2,1-3H3;4,6-12,15-16,18,26H,5,13-14,17,32H2,1-3H3;4-10,13-14,16-17,25H,11-12,15,31H2,1-3H3. The Morgan fingerprint density at radius 1 is 0.444 bits per heavy atom. The summed E-state index contributed by atoms with van der Waals surface area (Å²) in [7, 11) is 0. The number of amides is 3. The fourth-order valence-corrected chi connectivity index (χ4v) is 17.5. The lowest BCUT2D eigenvalue weighted by Gasteiger charge is -2.35. The van der Waals surface area contributed by atoms with Crippen LogP contribution in [0.5, 0.6) is 0 Å². The third-order valence-corrected chi connectivity index (χ3v) is 23.7. The van der Waals surface area contributed by atoms with Gasteiger partial charge in [-0.05, 0) is 211 Å². The maximum absolute atomic E-state index is 14.3. The van der Waals surface area contributed by atoms with E-state index in [1.54, 1.807) is 40.5 Å². The fraction of sp³-hybridized carbons (Fsp3) is 0.292. The Hall–Kier alpha value is -11.0. The van der Waals surface area contributed by atoms with Gasteiger partial charge in [0.2, 0.25) is 16.7 Å². The van der Waals surface area contributed by atoms with Gasteiger partial charge < -0.3 is 45.2 Å². The number of aromatic nitrogens is 6. The molecule has 21 nitrogen and oxygen atoms in total. The van der Waals surface area contributed by atoms with Gasteiger partial charge in [0.05, 0.1) is 37.8 Å². The number of benzene rings is 6. The number of halogens is 4. The minimum absolute atomic E-state index is 0.0563. The Morgan fingerprint density at radius 2 is 0.812 bits per heavy atom. The molecular weight excluding hydrogens is 1610 g/mol. The summed E-state index contributed by atoms with van der Waals surface area (Å²) < 4.78 is 66.0. The highest BCUT2D eigenvalue weighted by Crippen LogP contribution is 2.38. The van der Waals surface area contributed by atoms with E-state index < -0.39 is 35.6 Å². The molecule has 117 heavy (non-hydrogen) atoms. The average Bonchev–Trinajstić information content (AvgIpc) is 1.63. The topological polar surface area (TPSA) is 283 Å². The molecule has 0 saturated carbocycles. The van der Waals surface area contributed by atoms with Gasteiger partial charge in [0, 0.05) is 78.6 Å². The summed E-state index contributed by atoms with van der Waals surface area (Å²) in [5.41, 5.74) is 24.5. The second kappa shape index (κ2) is 36.7. The number of thiophene rings is 3. The number of hydrogen-bond donors (Lipinski definition) is 3. The molecule has 0 radical (unpaired) electrons.